The molecular weight excluding hydrogens is 296 g/mol. The summed E-state index contributed by atoms with van der Waals surface area (Å²) >= 11 is 0. The molecule has 0 amide bonds. The first-order chi connectivity index (χ1) is 10.4. The lowest BCUT2D eigenvalue weighted by Crippen LogP contribution is -2.60. The number of hydrogen-bond donors (Lipinski definition) is 3. The van der Waals surface area contributed by atoms with Crippen molar-refractivity contribution in [1.82, 2.24) is 0 Å². The van der Waals surface area contributed by atoms with E-state index in [1.54, 1.807) is 13.8 Å². The second-order valence-electron chi connectivity index (χ2n) is 5.80. The van der Waals surface area contributed by atoms with Crippen molar-refractivity contribution in [2.75, 3.05) is 14.2 Å². The summed E-state index contributed by atoms with van der Waals surface area (Å²) in [4.78, 5) is 0. The van der Waals surface area contributed by atoms with E-state index in [4.69, 9.17) is 23.7 Å². The summed E-state index contributed by atoms with van der Waals surface area (Å²) in [5, 5.41) is 29.9. The minimum Gasteiger partial charge on any atom is -0.388 e. The van der Waals surface area contributed by atoms with Crippen molar-refractivity contribution in [3.63, 3.8) is 0 Å². The quantitative estimate of drug-likeness (QED) is 0.605. The van der Waals surface area contributed by atoms with E-state index >= 15 is 0 Å². The lowest BCUT2D eigenvalue weighted by atomic mass is 9.98. The van der Waals surface area contributed by atoms with Gasteiger partial charge in [-0.1, -0.05) is 0 Å². The zero-order chi connectivity index (χ0) is 16.4. The molecule has 0 aromatic rings. The molecule has 0 aliphatic carbocycles. The van der Waals surface area contributed by atoms with E-state index in [2.05, 4.69) is 0 Å². The molecule has 8 nitrogen and oxygen atoms in total. The fourth-order valence-corrected chi connectivity index (χ4v) is 2.99. The van der Waals surface area contributed by atoms with Gasteiger partial charge in [-0.3, -0.25) is 0 Å². The lowest BCUT2D eigenvalue weighted by Gasteiger charge is -2.44. The van der Waals surface area contributed by atoms with Crippen LogP contribution < -0.4 is 0 Å². The van der Waals surface area contributed by atoms with Gasteiger partial charge in [-0.15, -0.1) is 0 Å². The van der Waals surface area contributed by atoms with Crippen LogP contribution >= 0.6 is 0 Å². The Labute approximate surface area is 129 Å². The molecule has 0 aromatic heterocycles. The average molecular weight is 322 g/mol. The molecule has 0 bridgehead atoms. The molecule has 0 radical (unpaired) electrons. The standard InChI is InChI=1S/C14H26O8/c1-6-10(16)13(19-4)11(17)14(21-6)22-12-7(2)20-9(15)5-8(12)18-3/h6-17H,5H2,1-4H3/t6-,7-,8-,9-,10-,11-,12-,13+,14+/m1/s1. The number of aliphatic hydroxyl groups excluding tert-OH is 3. The maximum Gasteiger partial charge on any atom is 0.187 e. The average Bonchev–Trinajstić information content (AvgIpc) is 2.47. The highest BCUT2D eigenvalue weighted by Crippen LogP contribution is 2.29. The fraction of sp³-hybridized carbons (Fsp3) is 1.00. The molecule has 2 aliphatic rings. The normalized spacial score (nSPS) is 50.0. The molecule has 130 valence electrons. The van der Waals surface area contributed by atoms with Crippen molar-refractivity contribution in [1.29, 1.82) is 0 Å². The predicted molar refractivity (Wildman–Crippen MR) is 74.0 cm³/mol. The third-order valence-corrected chi connectivity index (χ3v) is 4.28. The minimum absolute atomic E-state index is 0.264. The highest BCUT2D eigenvalue weighted by molar-refractivity contribution is 4.90. The van der Waals surface area contributed by atoms with Crippen molar-refractivity contribution in [3.8, 4) is 0 Å². The van der Waals surface area contributed by atoms with Crippen molar-refractivity contribution in [2.24, 2.45) is 0 Å². The van der Waals surface area contributed by atoms with E-state index in [0.29, 0.717) is 0 Å². The molecule has 0 spiro atoms. The van der Waals surface area contributed by atoms with E-state index < -0.39 is 55.3 Å². The van der Waals surface area contributed by atoms with Crippen molar-refractivity contribution >= 4 is 0 Å². The molecule has 2 saturated heterocycles. The van der Waals surface area contributed by atoms with Crippen LogP contribution in [-0.2, 0) is 23.7 Å². The highest BCUT2D eigenvalue weighted by atomic mass is 16.7. The zero-order valence-corrected chi connectivity index (χ0v) is 13.3. The molecule has 0 unspecified atom stereocenters. The third kappa shape index (κ3) is 3.60. The molecule has 0 saturated carbocycles. The van der Waals surface area contributed by atoms with Crippen LogP contribution in [0.3, 0.4) is 0 Å². The van der Waals surface area contributed by atoms with Crippen LogP contribution in [0.5, 0.6) is 0 Å². The summed E-state index contributed by atoms with van der Waals surface area (Å²) in [6.45, 7) is 3.43. The van der Waals surface area contributed by atoms with Gasteiger partial charge in [0.05, 0.1) is 18.3 Å². The molecule has 8 heteroatoms. The van der Waals surface area contributed by atoms with E-state index in [0.717, 1.165) is 0 Å². The highest BCUT2D eigenvalue weighted by Gasteiger charge is 2.47. The zero-order valence-electron chi connectivity index (χ0n) is 13.3. The molecule has 9 atom stereocenters. The Balaban J connectivity index is 2.07. The van der Waals surface area contributed by atoms with E-state index in [1.165, 1.54) is 14.2 Å². The van der Waals surface area contributed by atoms with E-state index in [-0.39, 0.29) is 6.42 Å². The van der Waals surface area contributed by atoms with Crippen molar-refractivity contribution in [2.45, 2.75) is 75.6 Å². The first kappa shape index (κ1) is 18.0. The minimum atomic E-state index is -1.15. The Bertz CT molecular complexity index is 354. The van der Waals surface area contributed by atoms with Gasteiger partial charge < -0.3 is 39.0 Å². The Kier molecular flexibility index (Phi) is 6.14. The number of aliphatic hydroxyl groups is 3. The molecule has 2 fully saturated rings. The van der Waals surface area contributed by atoms with Gasteiger partial charge in [-0.25, -0.2) is 0 Å². The molecule has 2 aliphatic heterocycles. The Morgan fingerprint density at radius 3 is 2.14 bits per heavy atom. The van der Waals surface area contributed by atoms with Crippen LogP contribution in [0.4, 0.5) is 0 Å². The largest absolute Gasteiger partial charge is 0.388 e. The van der Waals surface area contributed by atoms with Gasteiger partial charge in [-0.2, -0.15) is 0 Å². The van der Waals surface area contributed by atoms with Crippen molar-refractivity contribution < 1.29 is 39.0 Å². The topological polar surface area (TPSA) is 107 Å². The number of ether oxygens (including phenoxy) is 5. The molecule has 2 rings (SSSR count). The van der Waals surface area contributed by atoms with Crippen LogP contribution in [0.2, 0.25) is 0 Å². The second kappa shape index (κ2) is 7.50. The van der Waals surface area contributed by atoms with Gasteiger partial charge in [0.25, 0.3) is 0 Å². The van der Waals surface area contributed by atoms with Gasteiger partial charge in [-0.05, 0) is 13.8 Å². The van der Waals surface area contributed by atoms with Crippen LogP contribution in [0.25, 0.3) is 0 Å². The Hall–Kier alpha value is -0.320. The van der Waals surface area contributed by atoms with Crippen molar-refractivity contribution in [3.05, 3.63) is 0 Å². The maximum absolute atomic E-state index is 10.3. The Morgan fingerprint density at radius 2 is 1.55 bits per heavy atom. The van der Waals surface area contributed by atoms with Crippen LogP contribution in [-0.4, -0.2) is 84.8 Å². The van der Waals surface area contributed by atoms with Crippen LogP contribution in [0.1, 0.15) is 20.3 Å². The SMILES string of the molecule is CO[C@@H]1[C@@H](O)[C@H](O[C@@H]2[C@@H](C)O[C@@H](O)C[C@H]2OC)O[C@H](C)[C@H]1O. The molecule has 3 N–H and O–H groups in total. The summed E-state index contributed by atoms with van der Waals surface area (Å²) in [5.74, 6) is 0. The summed E-state index contributed by atoms with van der Waals surface area (Å²) in [6.07, 6.45) is -6.42. The van der Waals surface area contributed by atoms with E-state index in [1.807, 2.05) is 0 Å². The summed E-state index contributed by atoms with van der Waals surface area (Å²) < 4.78 is 27.2. The molecular formula is C14H26O8. The number of hydrogen-bond acceptors (Lipinski definition) is 8. The third-order valence-electron chi connectivity index (χ3n) is 4.28. The summed E-state index contributed by atoms with van der Waals surface area (Å²) in [6, 6.07) is 0. The summed E-state index contributed by atoms with van der Waals surface area (Å²) in [5.41, 5.74) is 0. The Morgan fingerprint density at radius 1 is 0.864 bits per heavy atom. The molecule has 2 heterocycles. The van der Waals surface area contributed by atoms with Gasteiger partial charge >= 0.3 is 0 Å². The second-order valence-corrected chi connectivity index (χ2v) is 5.80. The maximum atomic E-state index is 10.3. The van der Waals surface area contributed by atoms with Gasteiger partial charge in [0.2, 0.25) is 0 Å². The van der Waals surface area contributed by atoms with Gasteiger partial charge in [0.1, 0.15) is 24.4 Å². The lowest BCUT2D eigenvalue weighted by molar-refractivity contribution is -0.337. The smallest absolute Gasteiger partial charge is 0.187 e. The van der Waals surface area contributed by atoms with Crippen LogP contribution in [0, 0.1) is 0 Å². The van der Waals surface area contributed by atoms with Gasteiger partial charge in [0.15, 0.2) is 12.6 Å². The summed E-state index contributed by atoms with van der Waals surface area (Å²) in [7, 11) is 2.93. The number of methoxy groups -OCH3 is 2. The predicted octanol–water partition coefficient (Wildman–Crippen LogP) is -1.00. The molecule has 22 heavy (non-hydrogen) atoms. The van der Waals surface area contributed by atoms with E-state index in [9.17, 15) is 15.3 Å². The first-order valence-electron chi connectivity index (χ1n) is 7.45. The monoisotopic (exact) mass is 322 g/mol. The first-order valence-corrected chi connectivity index (χ1v) is 7.45. The molecule has 0 aromatic carbocycles. The number of rotatable bonds is 4. The van der Waals surface area contributed by atoms with Gasteiger partial charge in [0, 0.05) is 20.6 Å². The fourth-order valence-electron chi connectivity index (χ4n) is 2.99. The van der Waals surface area contributed by atoms with Crippen LogP contribution in [0.15, 0.2) is 0 Å².